The first-order chi connectivity index (χ1) is 13.9. The van der Waals surface area contributed by atoms with Crippen molar-refractivity contribution < 1.29 is 14.8 Å². The summed E-state index contributed by atoms with van der Waals surface area (Å²) >= 11 is 0.912. The topological polar surface area (TPSA) is 90.2 Å². The number of carbonyl (C=O) groups is 1. The first-order valence-corrected chi connectivity index (χ1v) is 10.4. The minimum atomic E-state index is -0.477. The Labute approximate surface area is 174 Å². The highest BCUT2D eigenvalue weighted by atomic mass is 32.1. The number of benzene rings is 1. The summed E-state index contributed by atoms with van der Waals surface area (Å²) in [7, 11) is 1.99. The summed E-state index contributed by atoms with van der Waals surface area (Å²) in [6.45, 7) is 4.39. The Morgan fingerprint density at radius 3 is 2.52 bits per heavy atom. The fraction of sp³-hybridized carbons (Fsp3) is 0.450. The van der Waals surface area contributed by atoms with Gasteiger partial charge < -0.3 is 10.0 Å². The molecule has 1 aliphatic heterocycles. The number of aliphatic hydroxyl groups is 1. The number of rotatable bonds is 8. The van der Waals surface area contributed by atoms with Gasteiger partial charge in [0.05, 0.1) is 15.9 Å². The lowest BCUT2D eigenvalue weighted by Gasteiger charge is -2.36. The van der Waals surface area contributed by atoms with Gasteiger partial charge in [-0.05, 0) is 18.7 Å². The number of β-amino-alcohol motifs (C(OH)–C–C–N with tert-alkyl or cyclic N) is 1. The maximum Gasteiger partial charge on any atom is 0.324 e. The molecule has 8 nitrogen and oxygen atoms in total. The van der Waals surface area contributed by atoms with E-state index in [1.54, 1.807) is 4.90 Å². The number of piperazine rings is 1. The van der Waals surface area contributed by atoms with Crippen molar-refractivity contribution in [2.75, 3.05) is 46.3 Å². The standard InChI is InChI=1S/C20H26N4O4S/c1-21(13-16-5-3-2-4-6-16)14-17(25)15-22-9-11-23(12-10-22)20(26)18-7-8-19(29-18)24(27)28/h2-8,17,25H,9-15H2,1H3. The van der Waals surface area contributed by atoms with Crippen LogP contribution in [0.1, 0.15) is 15.2 Å². The zero-order valence-corrected chi connectivity index (χ0v) is 17.3. The van der Waals surface area contributed by atoms with Crippen molar-refractivity contribution in [1.29, 1.82) is 0 Å². The Kier molecular flexibility index (Phi) is 7.32. The molecule has 0 aliphatic carbocycles. The van der Waals surface area contributed by atoms with Gasteiger partial charge in [0.2, 0.25) is 0 Å². The number of hydrogen-bond acceptors (Lipinski definition) is 7. The lowest BCUT2D eigenvalue weighted by atomic mass is 10.2. The van der Waals surface area contributed by atoms with Gasteiger partial charge in [0.25, 0.3) is 5.91 Å². The summed E-state index contributed by atoms with van der Waals surface area (Å²) in [4.78, 5) is 29.2. The van der Waals surface area contributed by atoms with E-state index in [0.717, 1.165) is 17.9 Å². The number of carbonyl (C=O) groups excluding carboxylic acids is 1. The Balaban J connectivity index is 1.41. The maximum atomic E-state index is 12.5. The minimum Gasteiger partial charge on any atom is -0.390 e. The zero-order valence-electron chi connectivity index (χ0n) is 16.4. The molecule has 29 heavy (non-hydrogen) atoms. The highest BCUT2D eigenvalue weighted by Crippen LogP contribution is 2.25. The van der Waals surface area contributed by atoms with Gasteiger partial charge in [-0.2, -0.15) is 0 Å². The zero-order chi connectivity index (χ0) is 20.8. The van der Waals surface area contributed by atoms with Crippen molar-refractivity contribution in [1.82, 2.24) is 14.7 Å². The third kappa shape index (κ3) is 6.07. The molecule has 0 bridgehead atoms. The monoisotopic (exact) mass is 418 g/mol. The van der Waals surface area contributed by atoms with E-state index >= 15 is 0 Å². The molecule has 156 valence electrons. The van der Waals surface area contributed by atoms with Crippen LogP contribution in [0.5, 0.6) is 0 Å². The quantitative estimate of drug-likeness (QED) is 0.520. The summed E-state index contributed by atoms with van der Waals surface area (Å²) in [6, 6.07) is 13.0. The van der Waals surface area contributed by atoms with Gasteiger partial charge in [-0.3, -0.25) is 24.7 Å². The van der Waals surface area contributed by atoms with Crippen molar-refractivity contribution in [3.05, 3.63) is 63.0 Å². The molecule has 1 fully saturated rings. The van der Waals surface area contributed by atoms with Crippen LogP contribution in [0.2, 0.25) is 0 Å². The smallest absolute Gasteiger partial charge is 0.324 e. The molecule has 0 radical (unpaired) electrons. The average molecular weight is 419 g/mol. The van der Waals surface area contributed by atoms with E-state index in [0.29, 0.717) is 44.1 Å². The summed E-state index contributed by atoms with van der Waals surface area (Å²) in [5, 5.41) is 21.2. The number of nitrogens with zero attached hydrogens (tertiary/aromatic N) is 4. The Morgan fingerprint density at radius 1 is 1.21 bits per heavy atom. The number of hydrogen-bond donors (Lipinski definition) is 1. The van der Waals surface area contributed by atoms with Crippen molar-refractivity contribution in [3.63, 3.8) is 0 Å². The molecule has 3 rings (SSSR count). The summed E-state index contributed by atoms with van der Waals surface area (Å²) in [6.07, 6.45) is -0.467. The molecule has 1 atom stereocenters. The molecule has 2 heterocycles. The predicted molar refractivity (Wildman–Crippen MR) is 112 cm³/mol. The van der Waals surface area contributed by atoms with Crippen molar-refractivity contribution in [2.24, 2.45) is 0 Å². The van der Waals surface area contributed by atoms with E-state index < -0.39 is 11.0 Å². The second kappa shape index (κ2) is 9.93. The van der Waals surface area contributed by atoms with E-state index in [1.807, 2.05) is 25.2 Å². The molecule has 1 aliphatic rings. The van der Waals surface area contributed by atoms with Gasteiger partial charge in [-0.1, -0.05) is 41.7 Å². The molecule has 1 aromatic heterocycles. The number of nitro groups is 1. The Hall–Kier alpha value is -2.33. The lowest BCUT2D eigenvalue weighted by Crippen LogP contribution is -2.51. The first-order valence-electron chi connectivity index (χ1n) is 9.59. The van der Waals surface area contributed by atoms with Crippen LogP contribution in [0, 0.1) is 10.1 Å². The maximum absolute atomic E-state index is 12.5. The molecule has 1 saturated heterocycles. The van der Waals surface area contributed by atoms with Gasteiger partial charge in [0.1, 0.15) is 0 Å². The fourth-order valence-corrected chi connectivity index (χ4v) is 4.29. The SMILES string of the molecule is CN(Cc1ccccc1)CC(O)CN1CCN(C(=O)c2ccc([N+](=O)[O-])s2)CC1. The van der Waals surface area contributed by atoms with Crippen LogP contribution in [-0.4, -0.2) is 83.1 Å². The number of aliphatic hydroxyl groups excluding tert-OH is 1. The Bertz CT molecular complexity index is 821. The molecule has 1 unspecified atom stereocenters. The third-order valence-electron chi connectivity index (χ3n) is 4.93. The number of likely N-dealkylation sites (N-methyl/N-ethyl adjacent to an activating group) is 1. The summed E-state index contributed by atoms with van der Waals surface area (Å²) < 4.78 is 0. The van der Waals surface area contributed by atoms with Crippen molar-refractivity contribution in [3.8, 4) is 0 Å². The van der Waals surface area contributed by atoms with Crippen LogP contribution in [0.4, 0.5) is 5.00 Å². The van der Waals surface area contributed by atoms with Gasteiger partial charge in [-0.15, -0.1) is 0 Å². The summed E-state index contributed by atoms with van der Waals surface area (Å²) in [5.41, 5.74) is 1.21. The predicted octanol–water partition coefficient (Wildman–Crippen LogP) is 1.91. The van der Waals surface area contributed by atoms with Crippen LogP contribution in [0.25, 0.3) is 0 Å². The lowest BCUT2D eigenvalue weighted by molar-refractivity contribution is -0.380. The fourth-order valence-electron chi connectivity index (χ4n) is 3.51. The van der Waals surface area contributed by atoms with E-state index in [4.69, 9.17) is 0 Å². The van der Waals surface area contributed by atoms with Gasteiger partial charge in [0, 0.05) is 51.9 Å². The van der Waals surface area contributed by atoms with Crippen molar-refractivity contribution >= 4 is 22.2 Å². The molecule has 1 aromatic carbocycles. The van der Waals surface area contributed by atoms with E-state index in [9.17, 15) is 20.0 Å². The summed E-state index contributed by atoms with van der Waals surface area (Å²) in [5.74, 6) is -0.161. The van der Waals surface area contributed by atoms with Gasteiger partial charge >= 0.3 is 5.00 Å². The van der Waals surface area contributed by atoms with E-state index in [1.165, 1.54) is 17.7 Å². The van der Waals surface area contributed by atoms with Crippen LogP contribution in [-0.2, 0) is 6.54 Å². The highest BCUT2D eigenvalue weighted by Gasteiger charge is 2.25. The normalized spacial score (nSPS) is 16.2. The molecular weight excluding hydrogens is 392 g/mol. The van der Waals surface area contributed by atoms with E-state index in [-0.39, 0.29) is 10.9 Å². The second-order valence-electron chi connectivity index (χ2n) is 7.32. The number of thiophene rings is 1. The molecule has 1 amide bonds. The molecule has 9 heteroatoms. The molecule has 2 aromatic rings. The van der Waals surface area contributed by atoms with Crippen LogP contribution in [0.15, 0.2) is 42.5 Å². The minimum absolute atomic E-state index is 0.0188. The van der Waals surface area contributed by atoms with Gasteiger partial charge in [-0.25, -0.2) is 0 Å². The second-order valence-corrected chi connectivity index (χ2v) is 8.39. The van der Waals surface area contributed by atoms with Crippen LogP contribution in [0.3, 0.4) is 0 Å². The third-order valence-corrected chi connectivity index (χ3v) is 5.95. The number of amides is 1. The van der Waals surface area contributed by atoms with Gasteiger partial charge in [0.15, 0.2) is 0 Å². The van der Waals surface area contributed by atoms with Crippen LogP contribution < -0.4 is 0 Å². The Morgan fingerprint density at radius 2 is 1.90 bits per heavy atom. The van der Waals surface area contributed by atoms with Crippen molar-refractivity contribution in [2.45, 2.75) is 12.6 Å². The molecular formula is C20H26N4O4S. The highest BCUT2D eigenvalue weighted by molar-refractivity contribution is 7.17. The average Bonchev–Trinajstić information content (AvgIpc) is 3.19. The van der Waals surface area contributed by atoms with Crippen LogP contribution >= 0.6 is 11.3 Å². The largest absolute Gasteiger partial charge is 0.390 e. The molecule has 0 spiro atoms. The first kappa shape index (κ1) is 21.4. The molecule has 1 N–H and O–H groups in total. The molecule has 0 saturated carbocycles. The van der Waals surface area contributed by atoms with E-state index in [2.05, 4.69) is 21.9 Å².